The Balaban J connectivity index is 2.55. The summed E-state index contributed by atoms with van der Waals surface area (Å²) >= 11 is 0. The Morgan fingerprint density at radius 1 is 0.864 bits per heavy atom. The summed E-state index contributed by atoms with van der Waals surface area (Å²) < 4.78 is 6.62. The van der Waals surface area contributed by atoms with E-state index in [4.69, 9.17) is 4.74 Å². The van der Waals surface area contributed by atoms with E-state index in [2.05, 4.69) is 86.6 Å². The zero-order chi connectivity index (χ0) is 16.9. The van der Waals surface area contributed by atoms with Crippen LogP contribution in [0.4, 0.5) is 0 Å². The predicted octanol–water partition coefficient (Wildman–Crippen LogP) is 6.35. The maximum Gasteiger partial charge on any atom is 0.140 e. The Bertz CT molecular complexity index is 518. The molecule has 2 rings (SSSR count). The molecule has 1 aromatic carbocycles. The highest BCUT2D eigenvalue weighted by Crippen LogP contribution is 2.75. The Labute approximate surface area is 139 Å². The summed E-state index contributed by atoms with van der Waals surface area (Å²) in [6, 6.07) is 8.73. The molecule has 124 valence electrons. The van der Waals surface area contributed by atoms with Crippen LogP contribution in [-0.2, 0) is 0 Å². The number of hydrogen-bond donors (Lipinski definition) is 0. The molecule has 0 fully saturated rings. The van der Waals surface area contributed by atoms with Crippen molar-refractivity contribution in [3.8, 4) is 5.75 Å². The van der Waals surface area contributed by atoms with Crippen LogP contribution in [0.3, 0.4) is 0 Å². The monoisotopic (exact) mass is 338 g/mol. The van der Waals surface area contributed by atoms with Gasteiger partial charge in [0, 0.05) is 5.30 Å². The minimum absolute atomic E-state index is 0.268. The van der Waals surface area contributed by atoms with E-state index in [9.17, 15) is 0 Å². The Hall–Kier alpha value is -0.120. The van der Waals surface area contributed by atoms with Crippen molar-refractivity contribution >= 4 is 21.1 Å². The molecule has 0 aliphatic carbocycles. The van der Waals surface area contributed by atoms with Gasteiger partial charge in [-0.3, -0.25) is 0 Å². The minimum atomic E-state index is -0.327. The molecule has 1 nitrogen and oxygen atoms in total. The smallest absolute Gasteiger partial charge is 0.140 e. The molecule has 0 saturated carbocycles. The lowest BCUT2D eigenvalue weighted by Crippen LogP contribution is -2.35. The first-order chi connectivity index (χ1) is 9.83. The molecule has 1 aliphatic heterocycles. The number of benzene rings is 1. The van der Waals surface area contributed by atoms with E-state index >= 15 is 0 Å². The first-order valence-electron chi connectivity index (χ1n) is 8.18. The van der Waals surface area contributed by atoms with Gasteiger partial charge < -0.3 is 4.74 Å². The van der Waals surface area contributed by atoms with Gasteiger partial charge in [-0.1, -0.05) is 80.5 Å². The van der Waals surface area contributed by atoms with E-state index in [1.807, 2.05) is 0 Å². The van der Waals surface area contributed by atoms with Gasteiger partial charge in [-0.15, -0.1) is 0 Å². The lowest BCUT2D eigenvalue weighted by Gasteiger charge is -2.48. The average molecular weight is 338 g/mol. The molecular weight excluding hydrogens is 306 g/mol. The molecule has 0 aromatic heterocycles. The van der Waals surface area contributed by atoms with E-state index in [0.717, 1.165) is 5.75 Å². The molecule has 3 heteroatoms. The van der Waals surface area contributed by atoms with E-state index in [1.165, 1.54) is 5.30 Å². The SMILES string of the molecule is CC(C)(C)P([C@@H]1Oc2ccccc2[P@@]1C(C)(C)C)C(C)(C)C. The Morgan fingerprint density at radius 3 is 1.82 bits per heavy atom. The van der Waals surface area contributed by atoms with E-state index < -0.39 is 0 Å². The molecule has 0 N–H and O–H groups in total. The minimum Gasteiger partial charge on any atom is -0.481 e. The lowest BCUT2D eigenvalue weighted by atomic mass is 10.2. The van der Waals surface area contributed by atoms with Crippen molar-refractivity contribution in [3.63, 3.8) is 0 Å². The largest absolute Gasteiger partial charge is 0.481 e. The Morgan fingerprint density at radius 2 is 1.36 bits per heavy atom. The summed E-state index contributed by atoms with van der Waals surface area (Å²) in [6.45, 7) is 21.5. The van der Waals surface area contributed by atoms with E-state index in [-0.39, 0.29) is 31.3 Å². The van der Waals surface area contributed by atoms with Crippen LogP contribution < -0.4 is 10.0 Å². The van der Waals surface area contributed by atoms with Gasteiger partial charge in [-0.25, -0.2) is 0 Å². The third-order valence-corrected chi connectivity index (χ3v) is 11.7. The van der Waals surface area contributed by atoms with Crippen LogP contribution in [0.1, 0.15) is 62.3 Å². The fraction of sp³-hybridized carbons (Fsp3) is 0.684. The second-order valence-electron chi connectivity index (χ2n) is 9.16. The summed E-state index contributed by atoms with van der Waals surface area (Å²) in [5.41, 5.74) is 0.363. The number of hydrogen-bond acceptors (Lipinski definition) is 1. The van der Waals surface area contributed by atoms with Crippen LogP contribution in [0, 0.1) is 0 Å². The summed E-state index contributed by atoms with van der Waals surface area (Å²) in [6.07, 6.45) is 0. The van der Waals surface area contributed by atoms with Gasteiger partial charge in [0.1, 0.15) is 11.3 Å². The molecule has 1 aromatic rings. The zero-order valence-electron chi connectivity index (χ0n) is 15.7. The van der Waals surface area contributed by atoms with Crippen LogP contribution in [-0.4, -0.2) is 21.1 Å². The van der Waals surface area contributed by atoms with Crippen LogP contribution in [0.5, 0.6) is 5.75 Å². The number of rotatable bonds is 1. The zero-order valence-corrected chi connectivity index (χ0v) is 17.5. The summed E-state index contributed by atoms with van der Waals surface area (Å²) in [7, 11) is -0.614. The number of para-hydroxylation sites is 1. The van der Waals surface area contributed by atoms with Crippen molar-refractivity contribution in [2.45, 2.75) is 83.4 Å². The van der Waals surface area contributed by atoms with Crippen molar-refractivity contribution in [2.24, 2.45) is 0 Å². The topological polar surface area (TPSA) is 9.23 Å². The van der Waals surface area contributed by atoms with Gasteiger partial charge in [0.05, 0.1) is 0 Å². The number of fused-ring (bicyclic) bond motifs is 1. The summed E-state index contributed by atoms with van der Waals surface area (Å²) in [4.78, 5) is 0. The first-order valence-corrected chi connectivity index (χ1v) is 11.0. The van der Waals surface area contributed by atoms with Crippen molar-refractivity contribution in [1.82, 2.24) is 0 Å². The molecule has 0 bridgehead atoms. The van der Waals surface area contributed by atoms with E-state index in [1.54, 1.807) is 0 Å². The molecule has 0 spiro atoms. The van der Waals surface area contributed by atoms with Crippen molar-refractivity contribution in [2.75, 3.05) is 0 Å². The third kappa shape index (κ3) is 3.52. The summed E-state index contributed by atoms with van der Waals surface area (Å²) in [5, 5.41) is 2.30. The molecule has 2 atom stereocenters. The molecular formula is C19H32OP2. The highest BCUT2D eigenvalue weighted by molar-refractivity contribution is 7.82. The van der Waals surface area contributed by atoms with Crippen molar-refractivity contribution in [1.29, 1.82) is 0 Å². The Kier molecular flexibility index (Phi) is 4.76. The molecule has 0 saturated heterocycles. The first kappa shape index (κ1) is 18.2. The highest BCUT2D eigenvalue weighted by atomic mass is 31.2. The maximum absolute atomic E-state index is 6.62. The molecule has 0 amide bonds. The molecule has 22 heavy (non-hydrogen) atoms. The second kappa shape index (κ2) is 5.75. The molecule has 1 aliphatic rings. The predicted molar refractivity (Wildman–Crippen MR) is 104 cm³/mol. The van der Waals surface area contributed by atoms with Crippen LogP contribution in [0.15, 0.2) is 24.3 Å². The maximum atomic E-state index is 6.62. The normalized spacial score (nSPS) is 22.6. The molecule has 1 heterocycles. The molecule has 0 radical (unpaired) electrons. The third-order valence-electron chi connectivity index (χ3n) is 3.97. The van der Waals surface area contributed by atoms with Crippen LogP contribution >= 0.6 is 15.8 Å². The quantitative estimate of drug-likeness (QED) is 0.542. The molecule has 0 unspecified atom stereocenters. The van der Waals surface area contributed by atoms with Gasteiger partial charge in [0.15, 0.2) is 0 Å². The van der Waals surface area contributed by atoms with Crippen LogP contribution in [0.2, 0.25) is 0 Å². The van der Waals surface area contributed by atoms with Crippen LogP contribution in [0.25, 0.3) is 0 Å². The van der Waals surface area contributed by atoms with E-state index in [0.29, 0.717) is 5.59 Å². The fourth-order valence-electron chi connectivity index (χ4n) is 3.57. The van der Waals surface area contributed by atoms with Gasteiger partial charge in [0.25, 0.3) is 0 Å². The van der Waals surface area contributed by atoms with Crippen molar-refractivity contribution < 1.29 is 4.74 Å². The van der Waals surface area contributed by atoms with Gasteiger partial charge >= 0.3 is 0 Å². The van der Waals surface area contributed by atoms with Gasteiger partial charge in [-0.2, -0.15) is 0 Å². The fourth-order valence-corrected chi connectivity index (χ4v) is 14.0. The summed E-state index contributed by atoms with van der Waals surface area (Å²) in [5.74, 6) is 1.13. The van der Waals surface area contributed by atoms with Crippen molar-refractivity contribution in [3.05, 3.63) is 24.3 Å². The highest BCUT2D eigenvalue weighted by Gasteiger charge is 2.51. The van der Waals surface area contributed by atoms with Gasteiger partial charge in [-0.05, 0) is 37.4 Å². The average Bonchev–Trinajstić information content (AvgIpc) is 2.61. The van der Waals surface area contributed by atoms with Gasteiger partial charge in [0.2, 0.25) is 0 Å². The number of ether oxygens (including phenoxy) is 1. The second-order valence-corrected chi connectivity index (χ2v) is 16.5. The standard InChI is InChI=1S/C19H32OP2/c1-17(2,3)21-15-13-11-10-12-14(15)20-16(21)22(18(4,5)6)19(7,8)9/h10-13,16H,1-9H3/t16-,21-/m1/s1. The lowest BCUT2D eigenvalue weighted by molar-refractivity contribution is 0.359.